The Labute approximate surface area is 281 Å². The number of hydrogen-bond acceptors (Lipinski definition) is 9. The van der Waals surface area contributed by atoms with Crippen molar-refractivity contribution in [2.75, 3.05) is 38.1 Å². The molecule has 1 aliphatic heterocycles. The number of aliphatic hydroxyl groups is 1. The van der Waals surface area contributed by atoms with E-state index in [1.165, 1.54) is 47.0 Å². The van der Waals surface area contributed by atoms with Crippen LogP contribution in [0.5, 0.6) is 5.75 Å². The van der Waals surface area contributed by atoms with E-state index in [0.29, 0.717) is 19.4 Å². The quantitative estimate of drug-likeness (QED) is 0.339. The summed E-state index contributed by atoms with van der Waals surface area (Å²) >= 11 is 0. The number of benzene rings is 2. The van der Waals surface area contributed by atoms with Crippen molar-refractivity contribution in [3.8, 4) is 5.75 Å². The van der Waals surface area contributed by atoms with Crippen LogP contribution in [0.15, 0.2) is 64.9 Å². The lowest BCUT2D eigenvalue weighted by molar-refractivity contribution is -0.00835. The van der Waals surface area contributed by atoms with Gasteiger partial charge < -0.3 is 24.0 Å². The first-order valence-corrected chi connectivity index (χ1v) is 18.6. The van der Waals surface area contributed by atoms with Crippen LogP contribution in [0.2, 0.25) is 0 Å². The second-order valence-corrected chi connectivity index (χ2v) is 15.9. The lowest BCUT2D eigenvalue weighted by atomic mass is 10.0. The van der Waals surface area contributed by atoms with Crippen molar-refractivity contribution in [1.82, 2.24) is 18.8 Å². The van der Waals surface area contributed by atoms with Gasteiger partial charge in [0.1, 0.15) is 11.6 Å². The molecule has 13 nitrogen and oxygen atoms in total. The second kappa shape index (κ2) is 15.8. The molecular formula is C32H44FN5O8S2. The highest BCUT2D eigenvalue weighted by Gasteiger charge is 2.33. The highest BCUT2D eigenvalue weighted by molar-refractivity contribution is 7.92. The molecule has 2 N–H and O–H groups in total. The van der Waals surface area contributed by atoms with Crippen molar-refractivity contribution in [2.24, 2.45) is 13.0 Å². The van der Waals surface area contributed by atoms with Crippen LogP contribution in [-0.4, -0.2) is 98.2 Å². The van der Waals surface area contributed by atoms with E-state index in [4.69, 9.17) is 9.47 Å². The number of amides is 1. The van der Waals surface area contributed by atoms with Gasteiger partial charge in [0.2, 0.25) is 0 Å². The maximum Gasteiger partial charge on any atom is 0.261 e. The monoisotopic (exact) mass is 709 g/mol. The molecule has 3 aromatic rings. The van der Waals surface area contributed by atoms with E-state index in [1.54, 1.807) is 18.5 Å². The summed E-state index contributed by atoms with van der Waals surface area (Å²) in [5.41, 5.74) is 0.147. The van der Waals surface area contributed by atoms with Crippen molar-refractivity contribution >= 4 is 31.6 Å². The third-order valence-electron chi connectivity index (χ3n) is 8.22. The normalized spacial score (nSPS) is 20.9. The third-order valence-corrected chi connectivity index (χ3v) is 11.3. The molecule has 48 heavy (non-hydrogen) atoms. The van der Waals surface area contributed by atoms with Crippen molar-refractivity contribution in [3.05, 3.63) is 66.4 Å². The van der Waals surface area contributed by atoms with Crippen LogP contribution in [-0.2, 0) is 31.8 Å². The third kappa shape index (κ3) is 9.11. The predicted molar refractivity (Wildman–Crippen MR) is 177 cm³/mol. The Balaban J connectivity index is 1.68. The molecule has 1 aromatic heterocycles. The van der Waals surface area contributed by atoms with E-state index >= 15 is 0 Å². The zero-order valence-corrected chi connectivity index (χ0v) is 29.4. The van der Waals surface area contributed by atoms with Crippen molar-refractivity contribution in [3.63, 3.8) is 0 Å². The summed E-state index contributed by atoms with van der Waals surface area (Å²) in [6, 6.07) is 8.05. The largest absolute Gasteiger partial charge is 0.490 e. The first-order chi connectivity index (χ1) is 22.6. The lowest BCUT2D eigenvalue weighted by Crippen LogP contribution is -2.48. The summed E-state index contributed by atoms with van der Waals surface area (Å²) < 4.78 is 83.8. The molecule has 0 spiro atoms. The summed E-state index contributed by atoms with van der Waals surface area (Å²) in [6.45, 7) is 5.42. The number of carbonyl (C=O) groups is 1. The molecule has 16 heteroatoms. The van der Waals surface area contributed by atoms with Crippen LogP contribution in [0.4, 0.5) is 10.1 Å². The fourth-order valence-corrected chi connectivity index (χ4v) is 7.50. The highest BCUT2D eigenvalue weighted by atomic mass is 32.2. The Morgan fingerprint density at radius 3 is 2.48 bits per heavy atom. The van der Waals surface area contributed by atoms with Crippen LogP contribution < -0.4 is 9.46 Å². The number of hydrogen-bond donors (Lipinski definition) is 2. The number of likely N-dealkylation sites (N-methyl/N-ethyl adjacent to an activating group) is 1. The molecule has 0 saturated carbocycles. The number of nitrogens with one attached hydrogen (secondary N) is 1. The van der Waals surface area contributed by atoms with Crippen molar-refractivity contribution in [1.29, 1.82) is 0 Å². The van der Waals surface area contributed by atoms with Gasteiger partial charge in [-0.2, -0.15) is 4.31 Å². The second-order valence-electron chi connectivity index (χ2n) is 12.2. The van der Waals surface area contributed by atoms with Crippen LogP contribution in [0, 0.1) is 11.7 Å². The number of aryl methyl sites for hydroxylation is 1. The Hall–Kier alpha value is -3.57. The molecule has 2 heterocycles. The summed E-state index contributed by atoms with van der Waals surface area (Å²) in [6.07, 6.45) is 3.93. The number of imidazole rings is 1. The number of rotatable bonds is 9. The maximum absolute atomic E-state index is 14.3. The van der Waals surface area contributed by atoms with Gasteiger partial charge in [-0.05, 0) is 75.6 Å². The van der Waals surface area contributed by atoms with E-state index in [1.807, 2.05) is 13.8 Å². The van der Waals surface area contributed by atoms with E-state index in [2.05, 4.69) is 9.71 Å². The fraction of sp³-hybridized carbons (Fsp3) is 0.500. The number of aromatic nitrogens is 2. The molecular weight excluding hydrogens is 666 g/mol. The minimum Gasteiger partial charge on any atom is -0.490 e. The van der Waals surface area contributed by atoms with Gasteiger partial charge in [0.25, 0.3) is 26.0 Å². The van der Waals surface area contributed by atoms with Crippen LogP contribution >= 0.6 is 0 Å². The number of carbonyl (C=O) groups excluding carboxylic acids is 1. The number of nitrogens with zero attached hydrogens (tertiary/aromatic N) is 4. The molecule has 0 radical (unpaired) electrons. The number of ether oxygens (including phenoxy) is 2. The zero-order valence-electron chi connectivity index (χ0n) is 27.7. The summed E-state index contributed by atoms with van der Waals surface area (Å²) in [4.78, 5) is 19.6. The molecule has 0 fully saturated rings. The van der Waals surface area contributed by atoms with Crippen molar-refractivity contribution < 1.29 is 40.6 Å². The average Bonchev–Trinajstić information content (AvgIpc) is 3.49. The van der Waals surface area contributed by atoms with Crippen molar-refractivity contribution in [2.45, 2.75) is 68.2 Å². The Kier molecular flexibility index (Phi) is 12.2. The van der Waals surface area contributed by atoms with Gasteiger partial charge in [0, 0.05) is 51.6 Å². The van der Waals surface area contributed by atoms with Gasteiger partial charge in [-0.3, -0.25) is 9.52 Å². The number of aliphatic hydroxyl groups excluding tert-OH is 1. The Bertz CT molecular complexity index is 1770. The minimum atomic E-state index is -4.13. The average molecular weight is 710 g/mol. The molecule has 0 bridgehead atoms. The van der Waals surface area contributed by atoms with Gasteiger partial charge >= 0.3 is 0 Å². The minimum absolute atomic E-state index is 0.0129. The molecule has 4 rings (SSSR count). The number of sulfonamides is 2. The number of halogens is 1. The SMILES string of the molecule is C[C@@H]1CCCCO[C@@H](CN(C)S(=O)(=O)c2cn(C)cn2)[C@H](C)CN([C@@H](C)CO)C(=O)c2cc(NS(=O)(=O)c3ccc(F)cc3)ccc2O1. The fourth-order valence-electron chi connectivity index (χ4n) is 5.31. The molecule has 0 aliphatic carbocycles. The molecule has 0 saturated heterocycles. The molecule has 0 unspecified atom stereocenters. The lowest BCUT2D eigenvalue weighted by Gasteiger charge is -2.35. The van der Waals surface area contributed by atoms with E-state index in [-0.39, 0.29) is 52.7 Å². The van der Waals surface area contributed by atoms with Gasteiger partial charge in [0.05, 0.1) is 41.6 Å². The smallest absolute Gasteiger partial charge is 0.261 e. The maximum atomic E-state index is 14.3. The summed E-state index contributed by atoms with van der Waals surface area (Å²) in [7, 11) is -4.92. The van der Waals surface area contributed by atoms with Crippen LogP contribution in [0.1, 0.15) is 50.4 Å². The van der Waals surface area contributed by atoms with E-state index in [0.717, 1.165) is 30.7 Å². The predicted octanol–water partition coefficient (Wildman–Crippen LogP) is 3.48. The summed E-state index contributed by atoms with van der Waals surface area (Å²) in [5, 5.41) is 10.1. The molecule has 264 valence electrons. The molecule has 4 atom stereocenters. The standard InChI is InChI=1S/C32H44FN5O8S2/c1-22-17-38(23(2)20-39)32(40)28-16-26(35-47(41,42)27-12-9-25(33)10-13-27)11-14-29(28)46-24(3)8-6-7-15-45-30(22)18-37(5)48(43,44)31-19-36(4)21-34-31/h9-14,16,19,21-24,30,35,39H,6-8,15,17-18,20H2,1-5H3/t22-,23+,24-,30+/m1/s1. The Morgan fingerprint density at radius 2 is 1.83 bits per heavy atom. The molecule has 1 amide bonds. The van der Waals surface area contributed by atoms with E-state index in [9.17, 15) is 31.1 Å². The topological polar surface area (TPSA) is 160 Å². The summed E-state index contributed by atoms with van der Waals surface area (Å²) in [5.74, 6) is -1.28. The Morgan fingerprint density at radius 1 is 1.12 bits per heavy atom. The molecule has 2 aromatic carbocycles. The van der Waals surface area contributed by atoms with Crippen LogP contribution in [0.25, 0.3) is 0 Å². The first kappa shape index (κ1) is 37.3. The van der Waals surface area contributed by atoms with Gasteiger partial charge in [0.15, 0.2) is 5.03 Å². The first-order valence-electron chi connectivity index (χ1n) is 15.7. The highest BCUT2D eigenvalue weighted by Crippen LogP contribution is 2.30. The van der Waals surface area contributed by atoms with Gasteiger partial charge in [-0.25, -0.2) is 26.2 Å². The zero-order chi connectivity index (χ0) is 35.2. The van der Waals surface area contributed by atoms with Crippen LogP contribution in [0.3, 0.4) is 0 Å². The number of fused-ring (bicyclic) bond motifs is 1. The van der Waals surface area contributed by atoms with E-state index < -0.39 is 49.8 Å². The molecule has 1 aliphatic rings. The van der Waals surface area contributed by atoms with Gasteiger partial charge in [-0.1, -0.05) is 6.92 Å². The number of anilines is 1. The van der Waals surface area contributed by atoms with Gasteiger partial charge in [-0.15, -0.1) is 0 Å².